The highest BCUT2D eigenvalue weighted by molar-refractivity contribution is 6.25. The Hall–Kier alpha value is -5.72. The maximum atomic E-state index is 12.6. The van der Waals surface area contributed by atoms with Crippen LogP contribution >= 0.6 is 0 Å². The molecule has 0 saturated carbocycles. The monoisotopic (exact) mass is 592 g/mol. The topological polar surface area (TPSA) is 345 Å². The van der Waals surface area contributed by atoms with Gasteiger partial charge >= 0.3 is 35.8 Å². The van der Waals surface area contributed by atoms with E-state index in [4.69, 9.17) is 0 Å². The molecular formula is C24H16O18. The minimum atomic E-state index is -4.64. The number of benzene rings is 2. The predicted molar refractivity (Wildman–Crippen MR) is 127 cm³/mol. The number of aromatic hydroxyl groups is 2. The van der Waals surface area contributed by atoms with Gasteiger partial charge in [0.25, 0.3) is 5.60 Å². The molecule has 0 saturated heterocycles. The number of aliphatic carboxylic acids is 6. The second kappa shape index (κ2) is 8.64. The van der Waals surface area contributed by atoms with E-state index in [9.17, 15) is 90.0 Å². The number of aliphatic hydroxyl groups is 4. The van der Waals surface area contributed by atoms with Crippen LogP contribution in [0.5, 0.6) is 11.5 Å². The Kier molecular flexibility index (Phi) is 6.02. The van der Waals surface area contributed by atoms with Crippen LogP contribution in [0.15, 0.2) is 17.9 Å². The molecule has 2 aromatic carbocycles. The van der Waals surface area contributed by atoms with E-state index in [1.807, 2.05) is 0 Å². The van der Waals surface area contributed by atoms with Crippen LogP contribution in [0.1, 0.15) is 17.0 Å². The fourth-order valence-corrected chi connectivity index (χ4v) is 5.46. The summed E-state index contributed by atoms with van der Waals surface area (Å²) in [5.41, 5.74) is -19.2. The maximum Gasteiger partial charge on any atom is 0.348 e. The van der Waals surface area contributed by atoms with Gasteiger partial charge in [0.15, 0.2) is 11.5 Å². The molecule has 2 aliphatic carbocycles. The van der Waals surface area contributed by atoms with Gasteiger partial charge < -0.3 is 61.3 Å². The second-order valence-corrected chi connectivity index (χ2v) is 9.23. The van der Waals surface area contributed by atoms with Gasteiger partial charge in [0, 0.05) is 10.4 Å². The summed E-state index contributed by atoms with van der Waals surface area (Å²) < 4.78 is 0. The van der Waals surface area contributed by atoms with Gasteiger partial charge in [-0.2, -0.15) is 0 Å². The van der Waals surface area contributed by atoms with Crippen LogP contribution in [-0.2, 0) is 28.8 Å². The molecule has 0 spiro atoms. The third-order valence-corrected chi connectivity index (χ3v) is 7.24. The minimum Gasteiger partial charge on any atom is -0.508 e. The minimum absolute atomic E-state index is 0.335. The van der Waals surface area contributed by atoms with Crippen LogP contribution in [0.4, 0.5) is 0 Å². The predicted octanol–water partition coefficient (Wildman–Crippen LogP) is -3.74. The molecule has 0 heterocycles. The van der Waals surface area contributed by atoms with E-state index in [2.05, 4.69) is 0 Å². The summed E-state index contributed by atoms with van der Waals surface area (Å²) in [6.45, 7) is 0. The lowest BCUT2D eigenvalue weighted by molar-refractivity contribution is -0.205. The molecular weight excluding hydrogens is 576 g/mol. The molecule has 2 aliphatic rings. The van der Waals surface area contributed by atoms with Crippen LogP contribution < -0.4 is 10.4 Å². The summed E-state index contributed by atoms with van der Waals surface area (Å²) in [5, 5.41) is 119. The summed E-state index contributed by atoms with van der Waals surface area (Å²) in [6, 6.07) is 1.05. The second-order valence-electron chi connectivity index (χ2n) is 9.23. The zero-order valence-corrected chi connectivity index (χ0v) is 20.1. The summed E-state index contributed by atoms with van der Waals surface area (Å²) in [5.74, 6) is -22.7. The average Bonchev–Trinajstić information content (AvgIpc) is 2.86. The van der Waals surface area contributed by atoms with Crippen molar-refractivity contribution in [3.05, 3.63) is 39.5 Å². The van der Waals surface area contributed by atoms with Gasteiger partial charge in [-0.15, -0.1) is 0 Å². The molecule has 0 bridgehead atoms. The van der Waals surface area contributed by atoms with Gasteiger partial charge in [-0.1, -0.05) is 0 Å². The standard InChI is InChI=1S/C24H16O18/c25-7-1-4-5(2-8(7)26)11-12(10-6(4)3-9(27)22(40,19(34)35)13(10)16(28)29)15(18(32)33)24(42,21(38)39)23(41,20(36)37)14(11)17(30)31/h1-3,14,25-27,40-42H,(H,28,29)(H,30,31)(H,32,33)(H,34,35)(H,36,37)(H,38,39). The van der Waals surface area contributed by atoms with E-state index in [-0.39, 0.29) is 0 Å². The normalized spacial score (nSPS) is 26.5. The molecule has 2 aromatic rings. The highest BCUT2D eigenvalue weighted by atomic mass is 16.5. The van der Waals surface area contributed by atoms with E-state index in [1.54, 1.807) is 0 Å². The molecule has 4 rings (SSSR count). The largest absolute Gasteiger partial charge is 0.508 e. The third-order valence-electron chi connectivity index (χ3n) is 7.24. The van der Waals surface area contributed by atoms with Crippen molar-refractivity contribution in [3.63, 3.8) is 0 Å². The van der Waals surface area contributed by atoms with Crippen molar-refractivity contribution in [1.29, 1.82) is 0 Å². The quantitative estimate of drug-likeness (QED) is 0.143. The summed E-state index contributed by atoms with van der Waals surface area (Å²) in [7, 11) is 0. The number of carboxylic acid groups (broad SMARTS) is 6. The average molecular weight is 592 g/mol. The number of aliphatic hydroxyl groups excluding tert-OH is 1. The van der Waals surface area contributed by atoms with Crippen molar-refractivity contribution >= 4 is 63.8 Å². The Labute approximate surface area is 228 Å². The van der Waals surface area contributed by atoms with Crippen molar-refractivity contribution in [2.24, 2.45) is 0 Å². The van der Waals surface area contributed by atoms with Crippen LogP contribution in [0, 0.1) is 0 Å². The van der Waals surface area contributed by atoms with Crippen LogP contribution in [0.25, 0.3) is 28.0 Å². The zero-order valence-electron chi connectivity index (χ0n) is 20.1. The van der Waals surface area contributed by atoms with E-state index >= 15 is 0 Å². The summed E-state index contributed by atoms with van der Waals surface area (Å²) in [6.07, 6.45) is 0.335. The van der Waals surface area contributed by atoms with Gasteiger partial charge in [-0.05, 0) is 40.1 Å². The van der Waals surface area contributed by atoms with Gasteiger partial charge in [0.05, 0.1) is 11.1 Å². The van der Waals surface area contributed by atoms with Crippen molar-refractivity contribution < 1.29 is 90.0 Å². The van der Waals surface area contributed by atoms with Gasteiger partial charge in [-0.25, -0.2) is 24.0 Å². The zero-order chi connectivity index (χ0) is 32.0. The van der Waals surface area contributed by atoms with Crippen LogP contribution in [0.2, 0.25) is 0 Å². The SMILES string of the molecule is O=C(O)C1=c2c(c3cc(O)c(O)cc3c3c2=C(C(=O)O)C(O)(C(=O)O)C(O)(C(=O)O)C3C(=O)O)C=C(O)C1(O)C(=O)O. The van der Waals surface area contributed by atoms with E-state index in [0.29, 0.717) is 18.2 Å². The van der Waals surface area contributed by atoms with Crippen molar-refractivity contribution in [2.75, 3.05) is 0 Å². The molecule has 0 amide bonds. The molecule has 18 nitrogen and oxygen atoms in total. The third kappa shape index (κ3) is 3.18. The van der Waals surface area contributed by atoms with Gasteiger partial charge in [0.2, 0.25) is 11.2 Å². The fourth-order valence-electron chi connectivity index (χ4n) is 5.46. The molecule has 0 fully saturated rings. The first-order chi connectivity index (χ1) is 19.2. The summed E-state index contributed by atoms with van der Waals surface area (Å²) in [4.78, 5) is 74.4. The van der Waals surface area contributed by atoms with Crippen LogP contribution in [0.3, 0.4) is 0 Å². The van der Waals surface area contributed by atoms with Crippen molar-refractivity contribution in [3.8, 4) is 11.5 Å². The number of carbonyl (C=O) groups is 6. The summed E-state index contributed by atoms with van der Waals surface area (Å²) >= 11 is 0. The highest BCUT2D eigenvalue weighted by Crippen LogP contribution is 2.48. The number of hydrogen-bond donors (Lipinski definition) is 12. The molecule has 0 radical (unpaired) electrons. The lowest BCUT2D eigenvalue weighted by Crippen LogP contribution is -2.73. The van der Waals surface area contributed by atoms with Gasteiger partial charge in [-0.3, -0.25) is 4.79 Å². The number of phenolic OH excluding ortho intramolecular Hbond substituents is 2. The number of hydrogen-bond acceptors (Lipinski definition) is 12. The van der Waals surface area contributed by atoms with E-state index < -0.39 is 119 Å². The Morgan fingerprint density at radius 3 is 1.55 bits per heavy atom. The van der Waals surface area contributed by atoms with Crippen molar-refractivity contribution in [2.45, 2.75) is 22.7 Å². The number of rotatable bonds is 6. The van der Waals surface area contributed by atoms with E-state index in [0.717, 1.165) is 0 Å². The molecule has 0 aromatic heterocycles. The first kappa shape index (κ1) is 29.3. The number of carboxylic acids is 6. The molecule has 4 atom stereocenters. The smallest absolute Gasteiger partial charge is 0.348 e. The van der Waals surface area contributed by atoms with E-state index in [1.165, 1.54) is 0 Å². The molecule has 4 unspecified atom stereocenters. The first-order valence-electron chi connectivity index (χ1n) is 11.0. The Morgan fingerprint density at radius 2 is 1.14 bits per heavy atom. The Balaban J connectivity index is 2.71. The maximum absolute atomic E-state index is 12.6. The number of phenols is 2. The lowest BCUT2D eigenvalue weighted by Gasteiger charge is -2.44. The first-order valence-corrected chi connectivity index (χ1v) is 11.0. The molecule has 18 heteroatoms. The van der Waals surface area contributed by atoms with Gasteiger partial charge in [0.1, 0.15) is 11.7 Å². The molecule has 42 heavy (non-hydrogen) atoms. The van der Waals surface area contributed by atoms with Crippen LogP contribution in [-0.4, -0.2) is 114 Å². The Bertz CT molecular complexity index is 1880. The van der Waals surface area contributed by atoms with Crippen molar-refractivity contribution in [1.82, 2.24) is 0 Å². The number of fused-ring (bicyclic) bond motifs is 6. The lowest BCUT2D eigenvalue weighted by atomic mass is 9.61. The fraction of sp³-hybridized carbons (Fsp3) is 0.167. The molecule has 12 N–H and O–H groups in total. The molecule has 0 aliphatic heterocycles. The highest BCUT2D eigenvalue weighted by Gasteiger charge is 2.73. The Morgan fingerprint density at radius 1 is 0.643 bits per heavy atom. The molecule has 220 valence electrons.